The largest absolute Gasteiger partial charge is 0.369 e. The molecule has 0 atom stereocenters. The number of carbonyl (C=O) groups is 1. The van der Waals surface area contributed by atoms with Crippen LogP contribution in [0.15, 0.2) is 67.0 Å². The SMILES string of the molecule is O=C(CCCCCCCN(Cc1ccc(-c2cc3c(NCCc4ccccc4)ncnc3[nH]2)cc1)C1CCNCC1)NO. The van der Waals surface area contributed by atoms with Crippen LogP contribution in [-0.2, 0) is 17.8 Å². The van der Waals surface area contributed by atoms with Crippen molar-refractivity contribution in [2.45, 2.75) is 70.4 Å². The number of hydrogen-bond donors (Lipinski definition) is 5. The fourth-order valence-electron chi connectivity index (χ4n) is 5.98. The molecule has 1 aliphatic rings. The van der Waals surface area contributed by atoms with E-state index in [1.54, 1.807) is 11.8 Å². The van der Waals surface area contributed by atoms with E-state index in [9.17, 15) is 4.79 Å². The van der Waals surface area contributed by atoms with E-state index in [0.717, 1.165) is 99.4 Å². The van der Waals surface area contributed by atoms with Gasteiger partial charge in [-0.2, -0.15) is 0 Å². The number of H-pyrrole nitrogens is 1. The van der Waals surface area contributed by atoms with Gasteiger partial charge in [-0.25, -0.2) is 15.4 Å². The maximum absolute atomic E-state index is 11.2. The number of benzene rings is 2. The van der Waals surface area contributed by atoms with Crippen LogP contribution in [-0.4, -0.2) is 63.2 Å². The summed E-state index contributed by atoms with van der Waals surface area (Å²) in [6.45, 7) is 5.01. The van der Waals surface area contributed by atoms with Crippen molar-refractivity contribution in [3.05, 3.63) is 78.1 Å². The van der Waals surface area contributed by atoms with Gasteiger partial charge in [-0.1, -0.05) is 73.9 Å². The van der Waals surface area contributed by atoms with Crippen molar-refractivity contribution in [1.82, 2.24) is 30.6 Å². The average Bonchev–Trinajstić information content (AvgIpc) is 3.50. The fraction of sp³-hybridized carbons (Fsp3) is 0.441. The Bertz CT molecular complexity index is 1400. The molecule has 2 aromatic heterocycles. The first-order valence-corrected chi connectivity index (χ1v) is 15.8. The quantitative estimate of drug-likeness (QED) is 0.0654. The number of carbonyl (C=O) groups excluding carboxylic acids is 1. The first-order chi connectivity index (χ1) is 21.2. The highest BCUT2D eigenvalue weighted by atomic mass is 16.5. The van der Waals surface area contributed by atoms with Gasteiger partial charge < -0.3 is 15.6 Å². The molecular formula is C34H45N7O2. The highest BCUT2D eigenvalue weighted by Gasteiger charge is 2.21. The smallest absolute Gasteiger partial charge is 0.243 e. The highest BCUT2D eigenvalue weighted by Crippen LogP contribution is 2.27. The Hall–Kier alpha value is -3.79. The van der Waals surface area contributed by atoms with Gasteiger partial charge in [0, 0.05) is 31.2 Å². The average molecular weight is 584 g/mol. The Morgan fingerprint density at radius 1 is 0.930 bits per heavy atom. The van der Waals surface area contributed by atoms with Crippen LogP contribution >= 0.6 is 0 Å². The van der Waals surface area contributed by atoms with Crippen molar-refractivity contribution in [2.24, 2.45) is 0 Å². The monoisotopic (exact) mass is 583 g/mol. The fourth-order valence-corrected chi connectivity index (χ4v) is 5.98. The lowest BCUT2D eigenvalue weighted by atomic mass is 10.0. The molecule has 4 aromatic rings. The molecule has 9 heteroatoms. The first-order valence-electron chi connectivity index (χ1n) is 15.8. The van der Waals surface area contributed by atoms with E-state index in [4.69, 9.17) is 5.21 Å². The normalized spacial score (nSPS) is 13.9. The molecule has 0 radical (unpaired) electrons. The van der Waals surface area contributed by atoms with E-state index in [1.807, 2.05) is 6.07 Å². The third kappa shape index (κ3) is 9.10. The minimum Gasteiger partial charge on any atom is -0.369 e. The maximum Gasteiger partial charge on any atom is 0.243 e. The topological polar surface area (TPSA) is 118 Å². The summed E-state index contributed by atoms with van der Waals surface area (Å²) in [7, 11) is 0. The van der Waals surface area contributed by atoms with Gasteiger partial charge in [0.25, 0.3) is 0 Å². The molecule has 5 N–H and O–H groups in total. The molecule has 3 heterocycles. The van der Waals surface area contributed by atoms with Crippen molar-refractivity contribution in [3.8, 4) is 11.3 Å². The van der Waals surface area contributed by atoms with E-state index in [2.05, 4.69) is 85.1 Å². The molecule has 1 amide bonds. The van der Waals surface area contributed by atoms with Crippen molar-refractivity contribution >= 4 is 22.8 Å². The predicted molar refractivity (Wildman–Crippen MR) is 172 cm³/mol. The number of nitrogens with zero attached hydrogens (tertiary/aromatic N) is 3. The number of aromatic amines is 1. The molecule has 9 nitrogen and oxygen atoms in total. The van der Waals surface area contributed by atoms with Gasteiger partial charge >= 0.3 is 0 Å². The van der Waals surface area contributed by atoms with Crippen molar-refractivity contribution in [2.75, 3.05) is 31.5 Å². The minimum atomic E-state index is -0.294. The minimum absolute atomic E-state index is 0.294. The number of amides is 1. The Kier molecular flexibility index (Phi) is 11.5. The molecule has 0 spiro atoms. The number of hydrogen-bond acceptors (Lipinski definition) is 7. The Balaban J connectivity index is 1.17. The van der Waals surface area contributed by atoms with Crippen LogP contribution in [0, 0.1) is 0 Å². The van der Waals surface area contributed by atoms with E-state index in [1.165, 1.54) is 24.0 Å². The van der Waals surface area contributed by atoms with Crippen LogP contribution in [0.4, 0.5) is 5.82 Å². The summed E-state index contributed by atoms with van der Waals surface area (Å²) in [5, 5.41) is 16.6. The number of hydroxylamine groups is 1. The zero-order valence-corrected chi connectivity index (χ0v) is 25.0. The summed E-state index contributed by atoms with van der Waals surface area (Å²) >= 11 is 0. The summed E-state index contributed by atoms with van der Waals surface area (Å²) < 4.78 is 0. The highest BCUT2D eigenvalue weighted by molar-refractivity contribution is 5.91. The predicted octanol–water partition coefficient (Wildman–Crippen LogP) is 5.68. The van der Waals surface area contributed by atoms with Gasteiger partial charge in [0.15, 0.2) is 0 Å². The number of anilines is 1. The zero-order chi connectivity index (χ0) is 29.7. The molecule has 0 saturated carbocycles. The van der Waals surface area contributed by atoms with E-state index in [-0.39, 0.29) is 5.91 Å². The second-order valence-corrected chi connectivity index (χ2v) is 11.5. The summed E-state index contributed by atoms with van der Waals surface area (Å²) in [4.78, 5) is 26.3. The molecule has 0 bridgehead atoms. The third-order valence-corrected chi connectivity index (χ3v) is 8.42. The first kappa shape index (κ1) is 30.7. The molecule has 5 rings (SSSR count). The molecular weight excluding hydrogens is 538 g/mol. The molecule has 0 unspecified atom stereocenters. The second kappa shape index (κ2) is 16.2. The number of rotatable bonds is 16. The van der Waals surface area contributed by atoms with Crippen LogP contribution in [0.1, 0.15) is 62.5 Å². The number of aromatic nitrogens is 3. The van der Waals surface area contributed by atoms with Crippen molar-refractivity contribution in [1.29, 1.82) is 0 Å². The van der Waals surface area contributed by atoms with E-state index >= 15 is 0 Å². The standard InChI is InChI=1S/C34H45N7O2/c42-32(40-43)11-7-2-1-3-8-22-41(29-17-19-35-20-18-29)24-27-12-14-28(15-13-27)31-23-30-33(37-25-38-34(30)39-31)36-21-16-26-9-5-4-6-10-26/h4-6,9-10,12-15,23,25,29,35,43H,1-3,7-8,11,16-22,24H2,(H,40,42)(H2,36,37,38,39). The number of fused-ring (bicyclic) bond motifs is 1. The summed E-state index contributed by atoms with van der Waals surface area (Å²) in [6, 6.07) is 22.2. The zero-order valence-electron chi connectivity index (χ0n) is 25.0. The van der Waals surface area contributed by atoms with Crippen LogP contribution in [0.3, 0.4) is 0 Å². The van der Waals surface area contributed by atoms with Crippen LogP contribution in [0.2, 0.25) is 0 Å². The van der Waals surface area contributed by atoms with Gasteiger partial charge in [-0.15, -0.1) is 0 Å². The van der Waals surface area contributed by atoms with Crippen LogP contribution in [0.25, 0.3) is 22.3 Å². The Morgan fingerprint density at radius 3 is 2.49 bits per heavy atom. The van der Waals surface area contributed by atoms with E-state index < -0.39 is 0 Å². The number of piperidine rings is 1. The molecule has 228 valence electrons. The molecule has 2 aromatic carbocycles. The van der Waals surface area contributed by atoms with Gasteiger partial charge in [-0.3, -0.25) is 14.9 Å². The lowest BCUT2D eigenvalue weighted by molar-refractivity contribution is -0.129. The van der Waals surface area contributed by atoms with E-state index in [0.29, 0.717) is 12.5 Å². The Labute approximate surface area is 254 Å². The van der Waals surface area contributed by atoms with Crippen molar-refractivity contribution < 1.29 is 10.0 Å². The lowest BCUT2D eigenvalue weighted by Crippen LogP contribution is -2.43. The summed E-state index contributed by atoms with van der Waals surface area (Å²) in [5.41, 5.74) is 7.36. The summed E-state index contributed by atoms with van der Waals surface area (Å²) in [5.74, 6) is 0.561. The summed E-state index contributed by atoms with van der Waals surface area (Å²) in [6.07, 6.45) is 10.6. The van der Waals surface area contributed by atoms with Gasteiger partial charge in [0.1, 0.15) is 17.8 Å². The van der Waals surface area contributed by atoms with Gasteiger partial charge in [0.05, 0.1) is 5.39 Å². The molecule has 1 saturated heterocycles. The molecule has 0 aliphatic carbocycles. The maximum atomic E-state index is 11.2. The van der Waals surface area contributed by atoms with Crippen molar-refractivity contribution in [3.63, 3.8) is 0 Å². The molecule has 1 fully saturated rings. The van der Waals surface area contributed by atoms with Crippen LogP contribution in [0.5, 0.6) is 0 Å². The lowest BCUT2D eigenvalue weighted by Gasteiger charge is -2.35. The second-order valence-electron chi connectivity index (χ2n) is 11.5. The molecule has 1 aliphatic heterocycles. The Morgan fingerprint density at radius 2 is 1.70 bits per heavy atom. The number of unbranched alkanes of at least 4 members (excludes halogenated alkanes) is 4. The third-order valence-electron chi connectivity index (χ3n) is 8.42. The number of nitrogens with one attached hydrogen (secondary N) is 4. The van der Waals surface area contributed by atoms with Crippen LogP contribution < -0.4 is 16.1 Å². The molecule has 43 heavy (non-hydrogen) atoms. The van der Waals surface area contributed by atoms with Gasteiger partial charge in [-0.05, 0) is 74.5 Å². The van der Waals surface area contributed by atoms with Gasteiger partial charge in [0.2, 0.25) is 5.91 Å².